The van der Waals surface area contributed by atoms with E-state index >= 15 is 0 Å². The number of aryl methyl sites for hydroxylation is 2. The number of para-hydroxylation sites is 2. The van der Waals surface area contributed by atoms with Crippen molar-refractivity contribution in [2.75, 3.05) is 0 Å². The fraction of sp³-hybridized carbons (Fsp3) is 0.111. The zero-order valence-electron chi connectivity index (χ0n) is 22.5. The van der Waals surface area contributed by atoms with E-state index in [-0.39, 0.29) is 26.2 Å². The van der Waals surface area contributed by atoms with Gasteiger partial charge in [0.15, 0.2) is 0 Å². The summed E-state index contributed by atoms with van der Waals surface area (Å²) >= 11 is 0. The molecule has 0 unspecified atom stereocenters. The number of allylic oxidation sites excluding steroid dienone is 8. The average molecular weight is 590 g/mol. The van der Waals surface area contributed by atoms with E-state index < -0.39 is 0 Å². The van der Waals surface area contributed by atoms with E-state index in [4.69, 9.17) is 0 Å². The molecule has 4 aromatic rings. The van der Waals surface area contributed by atoms with Gasteiger partial charge in [-0.15, -0.1) is 12.8 Å². The van der Waals surface area contributed by atoms with Crippen LogP contribution in [0, 0.1) is 26.0 Å². The third-order valence-corrected chi connectivity index (χ3v) is 5.64. The van der Waals surface area contributed by atoms with Gasteiger partial charge in [0.1, 0.15) is 11.5 Å². The third-order valence-electron chi connectivity index (χ3n) is 5.64. The van der Waals surface area contributed by atoms with E-state index in [9.17, 15) is 10.2 Å². The summed E-state index contributed by atoms with van der Waals surface area (Å²) in [6, 6.07) is 31.0. The van der Waals surface area contributed by atoms with Crippen LogP contribution in [-0.4, -0.2) is 10.2 Å². The second kappa shape index (κ2) is 17.8. The topological polar surface area (TPSA) is 40.5 Å². The predicted octanol–water partition coefficient (Wildman–Crippen LogP) is 9.34. The van der Waals surface area contributed by atoms with Crippen LogP contribution in [0.3, 0.4) is 0 Å². The van der Waals surface area contributed by atoms with E-state index in [1.807, 2.05) is 111 Å². The Kier molecular flexibility index (Phi) is 14.4. The van der Waals surface area contributed by atoms with Crippen LogP contribution in [0.1, 0.15) is 24.0 Å². The molecule has 39 heavy (non-hydrogen) atoms. The molecule has 3 heteroatoms. The number of rotatable bonds is 2. The molecule has 0 radical (unpaired) electrons. The number of hydrogen-bond donors (Lipinski definition) is 2. The van der Waals surface area contributed by atoms with E-state index in [0.29, 0.717) is 11.5 Å². The first-order valence-corrected chi connectivity index (χ1v) is 12.7. The van der Waals surface area contributed by atoms with Crippen molar-refractivity contribution in [1.82, 2.24) is 0 Å². The van der Waals surface area contributed by atoms with Gasteiger partial charge in [0, 0.05) is 11.1 Å². The van der Waals surface area contributed by atoms with Crippen molar-refractivity contribution in [2.45, 2.75) is 26.7 Å². The summed E-state index contributed by atoms with van der Waals surface area (Å²) in [4.78, 5) is 0. The zero-order chi connectivity index (χ0) is 27.0. The Morgan fingerprint density at radius 2 is 0.949 bits per heavy atom. The normalized spacial score (nSPS) is 11.7. The SMILES string of the molecule is Cc1cccc(-c2ccccc2O)c1.Cc1cccc(-c2ccccc2O)c1.[C-]1=CC=CC1.[C-]1=CC=CC1.[Zr+2]. The molecule has 2 aliphatic carbocycles. The smallest absolute Gasteiger partial charge is 0.507 e. The van der Waals surface area contributed by atoms with Gasteiger partial charge in [-0.2, -0.15) is 12.2 Å². The Balaban J connectivity index is 0.000000199. The van der Waals surface area contributed by atoms with Crippen LogP contribution < -0.4 is 0 Å². The molecule has 6 rings (SSSR count). The zero-order valence-corrected chi connectivity index (χ0v) is 25.0. The minimum atomic E-state index is 0. The van der Waals surface area contributed by atoms with Gasteiger partial charge in [-0.05, 0) is 37.1 Å². The molecule has 0 saturated carbocycles. The molecule has 194 valence electrons. The number of aromatic hydroxyl groups is 2. The molecule has 0 spiro atoms. The maximum absolute atomic E-state index is 9.65. The first-order chi connectivity index (χ1) is 18.5. The molecule has 0 aromatic heterocycles. The Labute approximate surface area is 252 Å². The molecular weight excluding hydrogens is 556 g/mol. The van der Waals surface area contributed by atoms with Gasteiger partial charge in [0.05, 0.1) is 0 Å². The van der Waals surface area contributed by atoms with E-state index in [1.165, 1.54) is 11.1 Å². The van der Waals surface area contributed by atoms with Gasteiger partial charge < -0.3 is 10.2 Å². The monoisotopic (exact) mass is 588 g/mol. The summed E-state index contributed by atoms with van der Waals surface area (Å²) in [5.41, 5.74) is 6.29. The predicted molar refractivity (Wildman–Crippen MR) is 160 cm³/mol. The van der Waals surface area contributed by atoms with Crippen LogP contribution in [0.2, 0.25) is 0 Å². The van der Waals surface area contributed by atoms with Crippen LogP contribution >= 0.6 is 0 Å². The van der Waals surface area contributed by atoms with Gasteiger partial charge in [0.2, 0.25) is 0 Å². The van der Waals surface area contributed by atoms with Crippen molar-refractivity contribution in [2.24, 2.45) is 0 Å². The van der Waals surface area contributed by atoms with Crippen LogP contribution in [0.15, 0.2) is 134 Å². The van der Waals surface area contributed by atoms with E-state index in [2.05, 4.69) is 36.4 Å². The fourth-order valence-electron chi connectivity index (χ4n) is 3.74. The van der Waals surface area contributed by atoms with Crippen molar-refractivity contribution in [3.05, 3.63) is 157 Å². The quantitative estimate of drug-likeness (QED) is 0.229. The van der Waals surface area contributed by atoms with Crippen LogP contribution in [0.5, 0.6) is 11.5 Å². The summed E-state index contributed by atoms with van der Waals surface area (Å²) in [6.07, 6.45) is 20.0. The minimum absolute atomic E-state index is 0. The second-order valence-electron chi connectivity index (χ2n) is 8.78. The molecule has 0 aliphatic heterocycles. The first kappa shape index (κ1) is 31.5. The second-order valence-corrected chi connectivity index (χ2v) is 8.78. The van der Waals surface area contributed by atoms with Crippen molar-refractivity contribution in [3.8, 4) is 33.8 Å². The first-order valence-electron chi connectivity index (χ1n) is 12.7. The maximum Gasteiger partial charge on any atom is 2.00 e. The van der Waals surface area contributed by atoms with Gasteiger partial charge >= 0.3 is 26.2 Å². The Morgan fingerprint density at radius 3 is 1.23 bits per heavy atom. The average Bonchev–Trinajstić information content (AvgIpc) is 3.70. The standard InChI is InChI=1S/2C13H12O.2C5H5.Zr/c2*1-10-5-4-6-11(9-10)12-7-2-3-8-13(12)14;2*1-2-4-5-3-1;/h2*2-9,14H,1H3;2*1-3H,4H2;/q;;2*-1;+2. The number of benzene rings is 4. The van der Waals surface area contributed by atoms with Crippen molar-refractivity contribution >= 4 is 0 Å². The molecule has 0 amide bonds. The van der Waals surface area contributed by atoms with Gasteiger partial charge in [0.25, 0.3) is 0 Å². The van der Waals surface area contributed by atoms with Crippen LogP contribution in [0.4, 0.5) is 0 Å². The van der Waals surface area contributed by atoms with Gasteiger partial charge in [-0.1, -0.05) is 96.1 Å². The summed E-state index contributed by atoms with van der Waals surface area (Å²) in [6.45, 7) is 4.09. The molecule has 0 fully saturated rings. The molecule has 0 atom stereocenters. The molecule has 2 aliphatic rings. The van der Waals surface area contributed by atoms with Gasteiger partial charge in [-0.25, -0.2) is 24.3 Å². The molecule has 0 saturated heterocycles. The van der Waals surface area contributed by atoms with E-state index in [1.54, 1.807) is 12.1 Å². The Bertz CT molecular complexity index is 1280. The molecule has 2 nitrogen and oxygen atoms in total. The number of phenolic OH excluding ortho intramolecular Hbond substituents is 2. The van der Waals surface area contributed by atoms with Gasteiger partial charge in [-0.3, -0.25) is 12.2 Å². The molecule has 4 aromatic carbocycles. The number of phenols is 2. The molecule has 0 heterocycles. The summed E-state index contributed by atoms with van der Waals surface area (Å²) in [5.74, 6) is 0.663. The van der Waals surface area contributed by atoms with Crippen molar-refractivity contribution < 1.29 is 36.4 Å². The summed E-state index contributed by atoms with van der Waals surface area (Å²) < 4.78 is 0. The summed E-state index contributed by atoms with van der Waals surface area (Å²) in [5, 5.41) is 19.3. The maximum atomic E-state index is 9.65. The largest absolute Gasteiger partial charge is 2.00 e. The minimum Gasteiger partial charge on any atom is -0.507 e. The van der Waals surface area contributed by atoms with Crippen molar-refractivity contribution in [3.63, 3.8) is 0 Å². The molecule has 0 bridgehead atoms. The Hall–Kier alpha value is -3.68. The van der Waals surface area contributed by atoms with Crippen molar-refractivity contribution in [1.29, 1.82) is 0 Å². The van der Waals surface area contributed by atoms with E-state index in [0.717, 1.165) is 35.1 Å². The summed E-state index contributed by atoms with van der Waals surface area (Å²) in [7, 11) is 0. The molecule has 2 N–H and O–H groups in total. The third kappa shape index (κ3) is 11.3. The van der Waals surface area contributed by atoms with Crippen LogP contribution in [0.25, 0.3) is 22.3 Å². The molecular formula is C36H34O2Zr. The Morgan fingerprint density at radius 1 is 0.538 bits per heavy atom. The van der Waals surface area contributed by atoms with Crippen LogP contribution in [-0.2, 0) is 26.2 Å². The number of hydrogen-bond acceptors (Lipinski definition) is 2. The fourth-order valence-corrected chi connectivity index (χ4v) is 3.74.